The molecule has 1 fully saturated rings. The van der Waals surface area contributed by atoms with Crippen molar-refractivity contribution in [2.75, 3.05) is 19.8 Å². The molecule has 0 aromatic heterocycles. The van der Waals surface area contributed by atoms with Gasteiger partial charge in [-0.1, -0.05) is 12.1 Å². The summed E-state index contributed by atoms with van der Waals surface area (Å²) in [5.74, 6) is -0.131. The van der Waals surface area contributed by atoms with Gasteiger partial charge in [0.15, 0.2) is 0 Å². The van der Waals surface area contributed by atoms with Crippen LogP contribution in [0.5, 0.6) is 5.75 Å². The van der Waals surface area contributed by atoms with Crippen molar-refractivity contribution in [1.29, 1.82) is 0 Å². The largest absolute Gasteiger partial charge is 0.508 e. The summed E-state index contributed by atoms with van der Waals surface area (Å²) in [7, 11) is 0. The number of benzene rings is 1. The summed E-state index contributed by atoms with van der Waals surface area (Å²) in [6.45, 7) is 0.890. The van der Waals surface area contributed by atoms with Crippen LogP contribution in [-0.4, -0.2) is 47.5 Å². The van der Waals surface area contributed by atoms with Gasteiger partial charge in [0, 0.05) is 19.6 Å². The molecule has 6 nitrogen and oxygen atoms in total. The Hall–Kier alpha value is -1.63. The molecule has 0 aliphatic carbocycles. The molecular formula is C14H20N2O4. The number of nitrogens with two attached hydrogens (primary N) is 1. The Morgan fingerprint density at radius 1 is 1.45 bits per heavy atom. The first-order valence-corrected chi connectivity index (χ1v) is 6.60. The van der Waals surface area contributed by atoms with E-state index in [1.54, 1.807) is 24.3 Å². The third-order valence-corrected chi connectivity index (χ3v) is 3.40. The Morgan fingerprint density at radius 3 is 2.75 bits per heavy atom. The summed E-state index contributed by atoms with van der Waals surface area (Å²) >= 11 is 0. The van der Waals surface area contributed by atoms with Gasteiger partial charge in [0.25, 0.3) is 0 Å². The highest BCUT2D eigenvalue weighted by molar-refractivity contribution is 5.81. The maximum atomic E-state index is 11.9. The molecule has 1 saturated heterocycles. The lowest BCUT2D eigenvalue weighted by Crippen LogP contribution is -2.49. The van der Waals surface area contributed by atoms with Crippen LogP contribution in [0.1, 0.15) is 12.0 Å². The van der Waals surface area contributed by atoms with Gasteiger partial charge in [-0.05, 0) is 24.1 Å². The fraction of sp³-hybridized carbons (Fsp3) is 0.500. The number of ether oxygens (including phenoxy) is 1. The van der Waals surface area contributed by atoms with E-state index in [2.05, 4.69) is 5.32 Å². The number of amides is 1. The highest BCUT2D eigenvalue weighted by Gasteiger charge is 2.32. The number of aliphatic hydroxyl groups is 1. The van der Waals surface area contributed by atoms with E-state index < -0.39 is 11.6 Å². The smallest absolute Gasteiger partial charge is 0.237 e. The summed E-state index contributed by atoms with van der Waals surface area (Å²) in [5.41, 5.74) is 5.72. The van der Waals surface area contributed by atoms with Crippen molar-refractivity contribution in [3.05, 3.63) is 29.8 Å². The van der Waals surface area contributed by atoms with Crippen LogP contribution >= 0.6 is 0 Å². The minimum Gasteiger partial charge on any atom is -0.508 e. The van der Waals surface area contributed by atoms with Crippen molar-refractivity contribution >= 4 is 5.91 Å². The molecule has 5 N–H and O–H groups in total. The molecule has 1 aliphatic heterocycles. The molecule has 20 heavy (non-hydrogen) atoms. The van der Waals surface area contributed by atoms with E-state index in [0.717, 1.165) is 5.56 Å². The molecule has 1 aromatic rings. The molecule has 1 heterocycles. The lowest BCUT2D eigenvalue weighted by molar-refractivity contribution is -0.123. The molecule has 0 radical (unpaired) electrons. The number of carbonyl (C=O) groups excluding carboxylic acids is 1. The van der Waals surface area contributed by atoms with Gasteiger partial charge in [0.1, 0.15) is 11.4 Å². The third-order valence-electron chi connectivity index (χ3n) is 3.40. The van der Waals surface area contributed by atoms with Crippen molar-refractivity contribution < 1.29 is 19.7 Å². The van der Waals surface area contributed by atoms with Gasteiger partial charge in [0.05, 0.1) is 12.6 Å². The molecule has 1 unspecified atom stereocenters. The zero-order valence-corrected chi connectivity index (χ0v) is 11.2. The van der Waals surface area contributed by atoms with E-state index in [1.165, 1.54) is 0 Å². The molecule has 2 atom stereocenters. The molecule has 1 amide bonds. The zero-order valence-electron chi connectivity index (χ0n) is 11.2. The molecule has 1 aliphatic rings. The summed E-state index contributed by atoms with van der Waals surface area (Å²) in [6.07, 6.45) is 0.890. The fourth-order valence-corrected chi connectivity index (χ4v) is 2.10. The van der Waals surface area contributed by atoms with Gasteiger partial charge in [-0.2, -0.15) is 0 Å². The second kappa shape index (κ2) is 6.21. The first-order valence-electron chi connectivity index (χ1n) is 6.60. The normalized spacial score (nSPS) is 23.5. The van der Waals surface area contributed by atoms with Crippen LogP contribution in [-0.2, 0) is 16.0 Å². The lowest BCUT2D eigenvalue weighted by Gasteiger charge is -2.22. The van der Waals surface area contributed by atoms with Gasteiger partial charge in [-0.25, -0.2) is 0 Å². The van der Waals surface area contributed by atoms with Crippen LogP contribution in [0, 0.1) is 0 Å². The van der Waals surface area contributed by atoms with Gasteiger partial charge < -0.3 is 26.0 Å². The maximum absolute atomic E-state index is 11.9. The Labute approximate surface area is 117 Å². The monoisotopic (exact) mass is 280 g/mol. The van der Waals surface area contributed by atoms with Crippen molar-refractivity contribution in [2.24, 2.45) is 5.73 Å². The van der Waals surface area contributed by atoms with Gasteiger partial charge in [-0.3, -0.25) is 4.79 Å². The van der Waals surface area contributed by atoms with E-state index in [9.17, 15) is 15.0 Å². The molecule has 1 aromatic carbocycles. The van der Waals surface area contributed by atoms with Crippen LogP contribution in [0.25, 0.3) is 0 Å². The Kier molecular flexibility index (Phi) is 4.59. The number of phenolic OH excluding ortho intramolecular Hbond substituents is 1. The third kappa shape index (κ3) is 3.93. The minimum atomic E-state index is -0.978. The predicted octanol–water partition coefficient (Wildman–Crippen LogP) is -0.470. The van der Waals surface area contributed by atoms with E-state index in [1.807, 2.05) is 0 Å². The van der Waals surface area contributed by atoms with Crippen molar-refractivity contribution in [1.82, 2.24) is 5.32 Å². The number of rotatable bonds is 5. The summed E-state index contributed by atoms with van der Waals surface area (Å²) in [6, 6.07) is 5.86. The number of nitrogens with one attached hydrogen (secondary N) is 1. The van der Waals surface area contributed by atoms with Crippen LogP contribution in [0.4, 0.5) is 0 Å². The average molecular weight is 280 g/mol. The van der Waals surface area contributed by atoms with Crippen LogP contribution in [0.15, 0.2) is 24.3 Å². The predicted molar refractivity (Wildman–Crippen MR) is 73.2 cm³/mol. The molecular weight excluding hydrogens is 260 g/mol. The Bertz CT molecular complexity index is 455. The van der Waals surface area contributed by atoms with Crippen LogP contribution in [0.3, 0.4) is 0 Å². The molecule has 0 bridgehead atoms. The van der Waals surface area contributed by atoms with Crippen LogP contribution in [0.2, 0.25) is 0 Å². The molecule has 0 saturated carbocycles. The average Bonchev–Trinajstić information content (AvgIpc) is 2.86. The molecule has 2 rings (SSSR count). The van der Waals surface area contributed by atoms with Crippen LogP contribution < -0.4 is 11.1 Å². The van der Waals surface area contributed by atoms with Crippen molar-refractivity contribution in [2.45, 2.75) is 24.5 Å². The Balaban J connectivity index is 1.81. The standard InChI is InChI=1S/C14H20N2O4/c15-12(7-10-1-3-11(17)4-2-10)13(18)16-8-14(19)5-6-20-9-14/h1-4,12,17,19H,5-9,15H2,(H,16,18)/t12-,14?/m1/s1. The quantitative estimate of drug-likeness (QED) is 0.583. The first kappa shape index (κ1) is 14.8. The Morgan fingerprint density at radius 2 is 2.15 bits per heavy atom. The summed E-state index contributed by atoms with van der Waals surface area (Å²) in [4.78, 5) is 11.9. The van der Waals surface area contributed by atoms with E-state index in [4.69, 9.17) is 10.5 Å². The number of hydrogen-bond donors (Lipinski definition) is 4. The van der Waals surface area contributed by atoms with E-state index >= 15 is 0 Å². The number of carbonyl (C=O) groups is 1. The topological polar surface area (TPSA) is 105 Å². The molecule has 110 valence electrons. The van der Waals surface area contributed by atoms with Gasteiger partial charge >= 0.3 is 0 Å². The molecule has 0 spiro atoms. The number of phenols is 1. The maximum Gasteiger partial charge on any atom is 0.237 e. The first-order chi connectivity index (χ1) is 9.48. The van der Waals surface area contributed by atoms with E-state index in [0.29, 0.717) is 19.4 Å². The second-order valence-electron chi connectivity index (χ2n) is 5.22. The van der Waals surface area contributed by atoms with Gasteiger partial charge in [0.2, 0.25) is 5.91 Å². The van der Waals surface area contributed by atoms with Crippen molar-refractivity contribution in [3.63, 3.8) is 0 Å². The number of hydrogen-bond acceptors (Lipinski definition) is 5. The zero-order chi connectivity index (χ0) is 14.6. The highest BCUT2D eigenvalue weighted by atomic mass is 16.5. The molecule has 6 heteroatoms. The summed E-state index contributed by atoms with van der Waals surface area (Å²) < 4.78 is 5.10. The summed E-state index contributed by atoms with van der Waals surface area (Å²) in [5, 5.41) is 21.9. The number of aromatic hydroxyl groups is 1. The second-order valence-corrected chi connectivity index (χ2v) is 5.22. The van der Waals surface area contributed by atoms with Gasteiger partial charge in [-0.15, -0.1) is 0 Å². The van der Waals surface area contributed by atoms with E-state index in [-0.39, 0.29) is 24.8 Å². The fourth-order valence-electron chi connectivity index (χ4n) is 2.10. The SMILES string of the molecule is N[C@H](Cc1ccc(O)cc1)C(=O)NCC1(O)CCOC1. The van der Waals surface area contributed by atoms with Crippen molar-refractivity contribution in [3.8, 4) is 5.75 Å². The minimum absolute atomic E-state index is 0.148. The highest BCUT2D eigenvalue weighted by Crippen LogP contribution is 2.17. The lowest BCUT2D eigenvalue weighted by atomic mass is 10.0.